The number of nitrogens with one attached hydrogen (secondary N) is 2. The number of methoxy groups -OCH3 is 1. The Labute approximate surface area is 169 Å². The van der Waals surface area contributed by atoms with E-state index in [1.807, 2.05) is 25.2 Å². The third-order valence-electron chi connectivity index (χ3n) is 4.62. The molecule has 1 aliphatic heterocycles. The molecule has 25 heavy (non-hydrogen) atoms. The van der Waals surface area contributed by atoms with Gasteiger partial charge >= 0.3 is 0 Å². The molecule has 0 unspecified atom stereocenters. The van der Waals surface area contributed by atoms with Crippen LogP contribution >= 0.6 is 24.0 Å². The Morgan fingerprint density at radius 1 is 1.28 bits per heavy atom. The van der Waals surface area contributed by atoms with Crippen LogP contribution in [0.4, 0.5) is 0 Å². The summed E-state index contributed by atoms with van der Waals surface area (Å²) in [5, 5.41) is 6.85. The van der Waals surface area contributed by atoms with Crippen molar-refractivity contribution in [2.75, 3.05) is 40.3 Å². The highest BCUT2D eigenvalue weighted by atomic mass is 127. The Balaban J connectivity index is 0.00000312. The molecule has 0 radical (unpaired) electrons. The first-order valence-electron chi connectivity index (χ1n) is 9.05. The first-order valence-corrected chi connectivity index (χ1v) is 9.05. The van der Waals surface area contributed by atoms with E-state index in [4.69, 9.17) is 4.74 Å². The highest BCUT2D eigenvalue weighted by Crippen LogP contribution is 2.16. The zero-order chi connectivity index (χ0) is 17.2. The van der Waals surface area contributed by atoms with Crippen LogP contribution in [0.2, 0.25) is 0 Å². The zero-order valence-electron chi connectivity index (χ0n) is 15.8. The van der Waals surface area contributed by atoms with Gasteiger partial charge in [0.15, 0.2) is 5.96 Å². The van der Waals surface area contributed by atoms with Crippen molar-refractivity contribution in [3.8, 4) is 5.75 Å². The van der Waals surface area contributed by atoms with Gasteiger partial charge in [-0.2, -0.15) is 0 Å². The second-order valence-corrected chi connectivity index (χ2v) is 6.44. The predicted molar refractivity (Wildman–Crippen MR) is 116 cm³/mol. The van der Waals surface area contributed by atoms with Gasteiger partial charge in [-0.25, -0.2) is 0 Å². The van der Waals surface area contributed by atoms with E-state index >= 15 is 0 Å². The Morgan fingerprint density at radius 2 is 2.04 bits per heavy atom. The molecular formula is C19H33IN4O. The monoisotopic (exact) mass is 460 g/mol. The van der Waals surface area contributed by atoms with Crippen molar-refractivity contribution in [1.82, 2.24) is 15.5 Å². The second-order valence-electron chi connectivity index (χ2n) is 6.44. The minimum Gasteiger partial charge on any atom is -0.497 e. The number of rotatable bonds is 7. The minimum atomic E-state index is 0. The van der Waals surface area contributed by atoms with E-state index in [0.717, 1.165) is 30.7 Å². The lowest BCUT2D eigenvalue weighted by Crippen LogP contribution is -2.42. The van der Waals surface area contributed by atoms with Crippen molar-refractivity contribution in [2.45, 2.75) is 32.7 Å². The first-order chi connectivity index (χ1) is 11.7. The molecule has 0 bridgehead atoms. The van der Waals surface area contributed by atoms with Gasteiger partial charge < -0.3 is 20.3 Å². The van der Waals surface area contributed by atoms with Gasteiger partial charge in [-0.15, -0.1) is 24.0 Å². The van der Waals surface area contributed by atoms with E-state index in [1.54, 1.807) is 7.11 Å². The number of guanidine groups is 1. The lowest BCUT2D eigenvalue weighted by atomic mass is 9.97. The molecule has 1 aliphatic rings. The van der Waals surface area contributed by atoms with Gasteiger partial charge in [-0.05, 0) is 62.5 Å². The summed E-state index contributed by atoms with van der Waals surface area (Å²) in [6, 6.07) is 8.10. The van der Waals surface area contributed by atoms with Crippen molar-refractivity contribution in [3.05, 3.63) is 29.8 Å². The number of hydrogen-bond acceptors (Lipinski definition) is 3. The average Bonchev–Trinajstić information content (AvgIpc) is 2.63. The quantitative estimate of drug-likeness (QED) is 0.373. The average molecular weight is 460 g/mol. The molecule has 6 heteroatoms. The fourth-order valence-corrected chi connectivity index (χ4v) is 3.16. The third kappa shape index (κ3) is 7.81. The van der Waals surface area contributed by atoms with Crippen LogP contribution in [0, 0.1) is 5.92 Å². The molecule has 1 aromatic carbocycles. The van der Waals surface area contributed by atoms with E-state index in [9.17, 15) is 0 Å². The molecule has 2 N–H and O–H groups in total. The summed E-state index contributed by atoms with van der Waals surface area (Å²) >= 11 is 0. The molecule has 1 saturated heterocycles. The lowest BCUT2D eigenvalue weighted by Gasteiger charge is -2.32. The van der Waals surface area contributed by atoms with E-state index < -0.39 is 0 Å². The first kappa shape index (κ1) is 22.0. The van der Waals surface area contributed by atoms with Gasteiger partial charge in [-0.3, -0.25) is 4.99 Å². The van der Waals surface area contributed by atoms with Gasteiger partial charge in [0.1, 0.15) is 5.75 Å². The third-order valence-corrected chi connectivity index (χ3v) is 4.62. The van der Waals surface area contributed by atoms with E-state index in [1.165, 1.54) is 44.5 Å². The van der Waals surface area contributed by atoms with Gasteiger partial charge in [0.05, 0.1) is 7.11 Å². The number of piperidine rings is 1. The zero-order valence-corrected chi connectivity index (χ0v) is 18.1. The summed E-state index contributed by atoms with van der Waals surface area (Å²) in [4.78, 5) is 6.90. The standard InChI is InChI=1S/C19H32N4O.HI/c1-4-10-23-11-8-16(9-12-23)14-21-19(20-2)22-15-17-6-5-7-18(13-17)24-3;/h5-7,13,16H,4,8-12,14-15H2,1-3H3,(H2,20,21,22);1H. The summed E-state index contributed by atoms with van der Waals surface area (Å²) in [6.07, 6.45) is 3.81. The SMILES string of the molecule is CCCN1CCC(CNC(=NC)NCc2cccc(OC)c2)CC1.I. The van der Waals surface area contributed by atoms with Gasteiger partial charge in [-0.1, -0.05) is 19.1 Å². The summed E-state index contributed by atoms with van der Waals surface area (Å²) in [6.45, 7) is 7.70. The number of halogens is 1. The van der Waals surface area contributed by atoms with Crippen LogP contribution in [0.25, 0.3) is 0 Å². The maximum Gasteiger partial charge on any atom is 0.191 e. The second kappa shape index (κ2) is 12.4. The molecule has 0 atom stereocenters. The van der Waals surface area contributed by atoms with Crippen LogP contribution in [-0.2, 0) is 6.54 Å². The molecule has 1 fully saturated rings. The normalized spacial score (nSPS) is 16.2. The molecule has 5 nitrogen and oxygen atoms in total. The summed E-state index contributed by atoms with van der Waals surface area (Å²) in [5.41, 5.74) is 1.19. The number of nitrogens with zero attached hydrogens (tertiary/aromatic N) is 2. The van der Waals surface area contributed by atoms with Crippen LogP contribution in [0.3, 0.4) is 0 Å². The molecule has 142 valence electrons. The maximum absolute atomic E-state index is 5.26. The number of ether oxygens (including phenoxy) is 1. The molecule has 1 aromatic rings. The predicted octanol–water partition coefficient (Wildman–Crippen LogP) is 3.10. The van der Waals surface area contributed by atoms with Crippen molar-refractivity contribution >= 4 is 29.9 Å². The van der Waals surface area contributed by atoms with Crippen molar-refractivity contribution < 1.29 is 4.74 Å². The lowest BCUT2D eigenvalue weighted by molar-refractivity contribution is 0.185. The van der Waals surface area contributed by atoms with Crippen LogP contribution in [-0.4, -0.2) is 51.2 Å². The molecule has 0 aliphatic carbocycles. The summed E-state index contributed by atoms with van der Waals surface area (Å²) in [7, 11) is 3.52. The maximum atomic E-state index is 5.26. The largest absolute Gasteiger partial charge is 0.497 e. The number of hydrogen-bond donors (Lipinski definition) is 2. The molecule has 0 saturated carbocycles. The summed E-state index contributed by atoms with van der Waals surface area (Å²) < 4.78 is 5.26. The topological polar surface area (TPSA) is 48.9 Å². The number of benzene rings is 1. The number of likely N-dealkylation sites (tertiary alicyclic amines) is 1. The molecule has 0 aromatic heterocycles. The Bertz CT molecular complexity index is 516. The van der Waals surface area contributed by atoms with Crippen LogP contribution < -0.4 is 15.4 Å². The van der Waals surface area contributed by atoms with E-state index in [-0.39, 0.29) is 24.0 Å². The van der Waals surface area contributed by atoms with Crippen LogP contribution in [0.5, 0.6) is 5.75 Å². The molecule has 1 heterocycles. The molecule has 2 rings (SSSR count). The van der Waals surface area contributed by atoms with Crippen LogP contribution in [0.15, 0.2) is 29.3 Å². The molecule has 0 amide bonds. The van der Waals surface area contributed by atoms with Gasteiger partial charge in [0.25, 0.3) is 0 Å². The van der Waals surface area contributed by atoms with E-state index in [0.29, 0.717) is 0 Å². The van der Waals surface area contributed by atoms with Crippen molar-refractivity contribution in [2.24, 2.45) is 10.9 Å². The van der Waals surface area contributed by atoms with Crippen LogP contribution in [0.1, 0.15) is 31.7 Å². The molecular weight excluding hydrogens is 427 g/mol. The highest BCUT2D eigenvalue weighted by molar-refractivity contribution is 14.0. The Kier molecular flexibility index (Phi) is 10.9. The number of aliphatic imine (C=N–C) groups is 1. The molecule has 0 spiro atoms. The fourth-order valence-electron chi connectivity index (χ4n) is 3.16. The minimum absolute atomic E-state index is 0. The van der Waals surface area contributed by atoms with Gasteiger partial charge in [0, 0.05) is 20.1 Å². The van der Waals surface area contributed by atoms with Crippen molar-refractivity contribution in [3.63, 3.8) is 0 Å². The fraction of sp³-hybridized carbons (Fsp3) is 0.632. The summed E-state index contributed by atoms with van der Waals surface area (Å²) in [5.74, 6) is 2.50. The van der Waals surface area contributed by atoms with E-state index in [2.05, 4.69) is 33.5 Å². The smallest absolute Gasteiger partial charge is 0.191 e. The Hall–Kier alpha value is -1.02. The van der Waals surface area contributed by atoms with Crippen molar-refractivity contribution in [1.29, 1.82) is 0 Å². The Morgan fingerprint density at radius 3 is 2.68 bits per heavy atom. The van der Waals surface area contributed by atoms with Gasteiger partial charge in [0.2, 0.25) is 0 Å². The highest BCUT2D eigenvalue weighted by Gasteiger charge is 2.18.